The van der Waals surface area contributed by atoms with Crippen molar-refractivity contribution in [2.45, 2.75) is 54.4 Å². The minimum Gasteiger partial charge on any atom is -0.369 e. The summed E-state index contributed by atoms with van der Waals surface area (Å²) in [6.45, 7) is 21.7. The molecule has 3 heterocycles. The molecule has 0 amide bonds. The molecule has 0 radical (unpaired) electrons. The Morgan fingerprint density at radius 1 is 0.838 bits per heavy atom. The topological polar surface area (TPSA) is 73.4 Å². The lowest BCUT2D eigenvalue weighted by Crippen LogP contribution is -2.26. The summed E-state index contributed by atoms with van der Waals surface area (Å²) in [4.78, 5) is 17.1. The first-order chi connectivity index (χ1) is 18.0. The fourth-order valence-electron chi connectivity index (χ4n) is 5.46. The molecule has 0 atom stereocenters. The molecule has 37 heavy (non-hydrogen) atoms. The van der Waals surface area contributed by atoms with E-state index < -0.39 is 0 Å². The van der Waals surface area contributed by atoms with Gasteiger partial charge in [-0.25, -0.2) is 9.97 Å². The molecule has 0 fully saturated rings. The maximum Gasteiger partial charge on any atom is 0.280 e. The molecule has 4 rings (SSSR count). The third-order valence-corrected chi connectivity index (χ3v) is 7.74. The van der Waals surface area contributed by atoms with Gasteiger partial charge >= 0.3 is 0 Å². The number of fused-ring (bicyclic) bond motifs is 4. The Labute approximate surface area is 222 Å². The Bertz CT molecular complexity index is 1320. The van der Waals surface area contributed by atoms with Crippen LogP contribution in [0.5, 0.6) is 0 Å². The third kappa shape index (κ3) is 5.99. The van der Waals surface area contributed by atoms with Gasteiger partial charge in [-0.3, -0.25) is 5.32 Å². The van der Waals surface area contributed by atoms with Gasteiger partial charge in [0.05, 0.1) is 29.2 Å². The van der Waals surface area contributed by atoms with E-state index >= 15 is 0 Å². The molecule has 0 saturated heterocycles. The van der Waals surface area contributed by atoms with E-state index in [0.717, 1.165) is 88.0 Å². The Morgan fingerprint density at radius 2 is 1.49 bits per heavy atom. The predicted molar refractivity (Wildman–Crippen MR) is 159 cm³/mol. The monoisotopic (exact) mass is 504 g/mol. The SMILES string of the molecule is CCN(CC)CCCNc1[nH+]ccc2c(C)c3[nH]c4cc(C)nc(NCCCN(CC)CC)c4c3cc12. The molecule has 7 heteroatoms. The van der Waals surface area contributed by atoms with E-state index in [4.69, 9.17) is 4.98 Å². The highest BCUT2D eigenvalue weighted by Crippen LogP contribution is 2.37. The molecule has 7 nitrogen and oxygen atoms in total. The van der Waals surface area contributed by atoms with Crippen molar-refractivity contribution in [1.82, 2.24) is 19.8 Å². The average Bonchev–Trinajstić information content (AvgIpc) is 3.27. The van der Waals surface area contributed by atoms with Gasteiger partial charge in [0.15, 0.2) is 0 Å². The zero-order chi connectivity index (χ0) is 26.4. The normalized spacial score (nSPS) is 12.0. The van der Waals surface area contributed by atoms with Crippen LogP contribution in [0.4, 0.5) is 11.6 Å². The summed E-state index contributed by atoms with van der Waals surface area (Å²) in [7, 11) is 0. The van der Waals surface area contributed by atoms with E-state index in [-0.39, 0.29) is 0 Å². The molecule has 0 aliphatic rings. The van der Waals surface area contributed by atoms with Crippen LogP contribution in [-0.2, 0) is 0 Å². The van der Waals surface area contributed by atoms with E-state index in [1.807, 2.05) is 6.20 Å². The second-order valence-electron chi connectivity index (χ2n) is 10.0. The molecule has 0 saturated carbocycles. The molecule has 0 aliphatic carbocycles. The van der Waals surface area contributed by atoms with Crippen LogP contribution in [0.1, 0.15) is 51.8 Å². The second kappa shape index (κ2) is 12.6. The van der Waals surface area contributed by atoms with E-state index in [1.54, 1.807) is 0 Å². The fraction of sp³-hybridized carbons (Fsp3) is 0.533. The van der Waals surface area contributed by atoms with Crippen LogP contribution in [0.3, 0.4) is 0 Å². The molecule has 0 spiro atoms. The van der Waals surface area contributed by atoms with Crippen molar-refractivity contribution in [3.8, 4) is 0 Å². The highest BCUT2D eigenvalue weighted by atomic mass is 15.1. The van der Waals surface area contributed by atoms with Gasteiger partial charge in [0.25, 0.3) is 5.82 Å². The second-order valence-corrected chi connectivity index (χ2v) is 10.0. The number of hydrogen-bond acceptors (Lipinski definition) is 5. The Kier molecular flexibility index (Phi) is 9.22. The number of hydrogen-bond donors (Lipinski definition) is 3. The maximum absolute atomic E-state index is 4.93. The van der Waals surface area contributed by atoms with Crippen LogP contribution in [-0.4, -0.2) is 72.1 Å². The molecular weight excluding hydrogens is 458 g/mol. The molecule has 3 aromatic heterocycles. The largest absolute Gasteiger partial charge is 0.369 e. The number of H-pyrrole nitrogens is 2. The van der Waals surface area contributed by atoms with Crippen molar-refractivity contribution in [3.05, 3.63) is 35.7 Å². The lowest BCUT2D eigenvalue weighted by Gasteiger charge is -2.18. The fourth-order valence-corrected chi connectivity index (χ4v) is 5.46. The number of pyridine rings is 2. The summed E-state index contributed by atoms with van der Waals surface area (Å²) in [6, 6.07) is 6.68. The van der Waals surface area contributed by atoms with Crippen molar-refractivity contribution in [2.24, 2.45) is 0 Å². The number of benzene rings is 1. The minimum atomic E-state index is 0.911. The molecule has 0 bridgehead atoms. The summed E-state index contributed by atoms with van der Waals surface area (Å²) >= 11 is 0. The van der Waals surface area contributed by atoms with Crippen LogP contribution in [0.15, 0.2) is 24.4 Å². The van der Waals surface area contributed by atoms with Gasteiger partial charge in [0.2, 0.25) is 0 Å². The molecule has 0 unspecified atom stereocenters. The van der Waals surface area contributed by atoms with E-state index in [9.17, 15) is 0 Å². The van der Waals surface area contributed by atoms with Crippen molar-refractivity contribution < 1.29 is 4.98 Å². The number of aryl methyl sites for hydroxylation is 2. The highest BCUT2D eigenvalue weighted by molar-refractivity contribution is 6.18. The molecule has 4 aromatic rings. The van der Waals surface area contributed by atoms with Crippen LogP contribution < -0.4 is 15.6 Å². The summed E-state index contributed by atoms with van der Waals surface area (Å²) < 4.78 is 0. The van der Waals surface area contributed by atoms with Crippen LogP contribution in [0, 0.1) is 13.8 Å². The smallest absolute Gasteiger partial charge is 0.280 e. The van der Waals surface area contributed by atoms with Gasteiger partial charge in [-0.2, -0.15) is 0 Å². The number of aromatic amines is 2. The highest BCUT2D eigenvalue weighted by Gasteiger charge is 2.18. The summed E-state index contributed by atoms with van der Waals surface area (Å²) in [5.41, 5.74) is 4.63. The summed E-state index contributed by atoms with van der Waals surface area (Å²) in [5.74, 6) is 2.07. The minimum absolute atomic E-state index is 0.911. The first-order valence-electron chi connectivity index (χ1n) is 14.2. The molecule has 200 valence electrons. The van der Waals surface area contributed by atoms with Gasteiger partial charge in [-0.1, -0.05) is 27.7 Å². The number of rotatable bonds is 14. The van der Waals surface area contributed by atoms with Crippen LogP contribution in [0.2, 0.25) is 0 Å². The summed E-state index contributed by atoms with van der Waals surface area (Å²) in [5, 5.41) is 12.3. The number of nitrogens with one attached hydrogen (secondary N) is 4. The Hall–Kier alpha value is -2.90. The number of anilines is 2. The lowest BCUT2D eigenvalue weighted by atomic mass is 10.0. The van der Waals surface area contributed by atoms with Crippen LogP contribution in [0.25, 0.3) is 32.6 Å². The maximum atomic E-state index is 4.93. The Balaban J connectivity index is 1.66. The van der Waals surface area contributed by atoms with Gasteiger partial charge in [-0.05, 0) is 88.6 Å². The van der Waals surface area contributed by atoms with Gasteiger partial charge in [0, 0.05) is 29.6 Å². The van der Waals surface area contributed by atoms with Gasteiger partial charge < -0.3 is 20.1 Å². The first kappa shape index (κ1) is 27.1. The van der Waals surface area contributed by atoms with Gasteiger partial charge in [-0.15, -0.1) is 0 Å². The third-order valence-electron chi connectivity index (χ3n) is 7.74. The van der Waals surface area contributed by atoms with Crippen LogP contribution >= 0.6 is 0 Å². The summed E-state index contributed by atoms with van der Waals surface area (Å²) in [6.07, 6.45) is 4.26. The quantitative estimate of drug-likeness (QED) is 0.195. The average molecular weight is 505 g/mol. The lowest BCUT2D eigenvalue weighted by molar-refractivity contribution is -0.359. The first-order valence-corrected chi connectivity index (χ1v) is 14.2. The standard InChI is InChI=1S/C30H45N7/c1-7-36(8-2)17-11-14-31-29-24-20-25-27-26(35-28(25)22(6)23(24)13-16-33-29)19-21(5)34-30(27)32-15-12-18-37(9-3)10-4/h13,16,19-20,35H,7-12,14-15,17-18H2,1-6H3,(H,31,33)(H,32,34)/p+1. The van der Waals surface area contributed by atoms with Crippen molar-refractivity contribution >= 4 is 44.2 Å². The zero-order valence-electron chi connectivity index (χ0n) is 23.7. The number of nitrogens with zero attached hydrogens (tertiary/aromatic N) is 3. The Morgan fingerprint density at radius 3 is 2.14 bits per heavy atom. The number of aromatic nitrogens is 3. The van der Waals surface area contributed by atoms with Crippen molar-refractivity contribution in [3.63, 3.8) is 0 Å². The predicted octanol–water partition coefficient (Wildman–Crippen LogP) is 5.59. The van der Waals surface area contributed by atoms with E-state index in [0.29, 0.717) is 0 Å². The molecule has 1 aromatic carbocycles. The molecular formula is C30H46N7+. The van der Waals surface area contributed by atoms with Crippen molar-refractivity contribution in [2.75, 3.05) is 63.0 Å². The molecule has 0 aliphatic heterocycles. The van der Waals surface area contributed by atoms with Gasteiger partial charge in [0.1, 0.15) is 5.82 Å². The van der Waals surface area contributed by atoms with E-state index in [2.05, 4.69) is 90.1 Å². The molecule has 4 N–H and O–H groups in total. The van der Waals surface area contributed by atoms with Crippen molar-refractivity contribution in [1.29, 1.82) is 0 Å². The zero-order valence-corrected chi connectivity index (χ0v) is 23.7. The van der Waals surface area contributed by atoms with E-state index in [1.165, 1.54) is 32.6 Å².